The molecule has 0 bridgehead atoms. The van der Waals surface area contributed by atoms with E-state index >= 15 is 50.5 Å². The maximum atomic E-state index is 16.0. The van der Waals surface area contributed by atoms with Crippen LogP contribution in [0.4, 0.5) is 0 Å². The molecule has 0 N–H and O–H groups in total. The van der Waals surface area contributed by atoms with Gasteiger partial charge in [-0.2, -0.15) is 0 Å². The summed E-state index contributed by atoms with van der Waals surface area (Å²) in [5, 5.41) is 5.35. The van der Waals surface area contributed by atoms with E-state index in [1.54, 1.807) is 146 Å². The minimum absolute atomic E-state index is 0.00365. The molecular formula is C67H40O12S6. The number of rotatable bonds is 3. The van der Waals surface area contributed by atoms with Gasteiger partial charge in [0.25, 0.3) is 0 Å². The van der Waals surface area contributed by atoms with Crippen LogP contribution in [0.5, 0.6) is 0 Å². The van der Waals surface area contributed by atoms with Crippen LogP contribution in [0.3, 0.4) is 0 Å². The molecule has 0 spiro atoms. The van der Waals surface area contributed by atoms with Gasteiger partial charge in [-0.05, 0) is 125 Å². The van der Waals surface area contributed by atoms with Crippen molar-refractivity contribution in [3.05, 3.63) is 251 Å². The molecule has 0 amide bonds. The van der Waals surface area contributed by atoms with Gasteiger partial charge in [0.2, 0.25) is 39.3 Å². The number of hydrogen-bond acceptors (Lipinski definition) is 12. The molecule has 0 aliphatic carbocycles. The highest BCUT2D eigenvalue weighted by Crippen LogP contribution is 2.53. The number of allylic oxidation sites excluding steroid dienone is 3. The number of sulfone groups is 6. The van der Waals surface area contributed by atoms with Crippen molar-refractivity contribution < 1.29 is 50.5 Å². The van der Waals surface area contributed by atoms with Crippen LogP contribution in [0.15, 0.2) is 280 Å². The Morgan fingerprint density at radius 1 is 0.247 bits per heavy atom. The molecule has 3 aliphatic rings. The van der Waals surface area contributed by atoms with E-state index in [0.717, 1.165) is 0 Å². The van der Waals surface area contributed by atoms with Gasteiger partial charge in [0.1, 0.15) is 0 Å². The molecule has 416 valence electrons. The molecule has 3 heterocycles. The molecule has 12 aromatic rings. The molecule has 15 rings (SSSR count). The third-order valence-corrected chi connectivity index (χ3v) is 30.3. The maximum Gasteiger partial charge on any atom is 0.218 e. The Balaban J connectivity index is 1.11. The minimum Gasteiger partial charge on any atom is -0.222 e. The van der Waals surface area contributed by atoms with Crippen LogP contribution in [0.25, 0.3) is 98.0 Å². The van der Waals surface area contributed by atoms with Gasteiger partial charge in [0, 0.05) is 33.4 Å². The number of hydrogen-bond donors (Lipinski definition) is 0. The summed E-state index contributed by atoms with van der Waals surface area (Å²) in [6.07, 6.45) is 1.51. The maximum absolute atomic E-state index is 16.0. The summed E-state index contributed by atoms with van der Waals surface area (Å²) in [7, 11) is -32.5. The number of fused-ring (bicyclic) bond motifs is 21. The molecule has 3 aliphatic heterocycles. The quantitative estimate of drug-likeness (QED) is 0.162. The first kappa shape index (κ1) is 52.9. The Kier molecular flexibility index (Phi) is 11.4. The molecule has 18 heteroatoms. The largest absolute Gasteiger partial charge is 0.222 e. The molecule has 0 fully saturated rings. The Hall–Kier alpha value is -8.88. The Labute approximate surface area is 488 Å². The second-order valence-corrected chi connectivity index (χ2v) is 33.5. The fourth-order valence-electron chi connectivity index (χ4n) is 12.6. The van der Waals surface area contributed by atoms with E-state index in [-0.39, 0.29) is 33.4 Å². The van der Waals surface area contributed by atoms with Crippen LogP contribution >= 0.6 is 0 Å². The van der Waals surface area contributed by atoms with Gasteiger partial charge in [-0.1, -0.05) is 182 Å². The zero-order chi connectivity index (χ0) is 58.7. The van der Waals surface area contributed by atoms with Crippen molar-refractivity contribution in [3.63, 3.8) is 0 Å². The smallest absolute Gasteiger partial charge is 0.218 e. The van der Waals surface area contributed by atoms with E-state index < -0.39 is 107 Å². The first-order valence-corrected chi connectivity index (χ1v) is 35.5. The summed E-state index contributed by atoms with van der Waals surface area (Å²) < 4.78 is 187. The van der Waals surface area contributed by atoms with Crippen molar-refractivity contribution >= 4 is 124 Å². The van der Waals surface area contributed by atoms with Crippen molar-refractivity contribution in [1.29, 1.82) is 0 Å². The van der Waals surface area contributed by atoms with Crippen molar-refractivity contribution in [1.82, 2.24) is 0 Å². The molecular weight excluding hydrogens is 1190 g/mol. The summed E-state index contributed by atoms with van der Waals surface area (Å²) in [6, 6.07) is 57.0. The Bertz CT molecular complexity index is 5350. The summed E-state index contributed by atoms with van der Waals surface area (Å²) in [5.74, 6) is 0. The van der Waals surface area contributed by atoms with Crippen LogP contribution in [0, 0.1) is 0 Å². The molecule has 85 heavy (non-hydrogen) atoms. The van der Waals surface area contributed by atoms with Crippen LogP contribution in [-0.4, -0.2) is 55.1 Å². The highest BCUT2D eigenvalue weighted by Gasteiger charge is 2.48. The average molecular weight is 1230 g/mol. The molecule has 0 aromatic heterocycles. The summed E-state index contributed by atoms with van der Waals surface area (Å²) in [5.41, 5.74) is -0.969. The lowest BCUT2D eigenvalue weighted by Gasteiger charge is -2.16. The zero-order valence-electron chi connectivity index (χ0n) is 43.9. The lowest BCUT2D eigenvalue weighted by Crippen LogP contribution is -2.28. The molecule has 0 radical (unpaired) electrons. The topological polar surface area (TPSA) is 205 Å². The lowest BCUT2D eigenvalue weighted by atomic mass is 9.94. The van der Waals surface area contributed by atoms with E-state index in [9.17, 15) is 0 Å². The van der Waals surface area contributed by atoms with Crippen molar-refractivity contribution in [2.24, 2.45) is 0 Å². The first-order valence-electron chi connectivity index (χ1n) is 26.5. The summed E-state index contributed by atoms with van der Waals surface area (Å²) in [6.45, 7) is 0. The highest BCUT2D eigenvalue weighted by molar-refractivity contribution is 8.15. The van der Waals surface area contributed by atoms with E-state index in [4.69, 9.17) is 0 Å². The van der Waals surface area contributed by atoms with Crippen molar-refractivity contribution in [2.75, 3.05) is 0 Å². The normalized spacial score (nSPS) is 17.5. The second-order valence-electron chi connectivity index (χ2n) is 21.0. The fraction of sp³-hybridized carbons (Fsp3) is 0.0149. The molecule has 12 aromatic carbocycles. The molecule has 0 atom stereocenters. The van der Waals surface area contributed by atoms with Gasteiger partial charge in [-0.25, -0.2) is 50.5 Å². The minimum atomic E-state index is -5.45. The lowest BCUT2D eigenvalue weighted by molar-refractivity contribution is 0.582. The van der Waals surface area contributed by atoms with Gasteiger partial charge in [-0.3, -0.25) is 0 Å². The highest BCUT2D eigenvalue weighted by atomic mass is 32.3. The second kappa shape index (κ2) is 18.3. The van der Waals surface area contributed by atoms with E-state index in [1.165, 1.54) is 72.8 Å². The molecule has 0 unspecified atom stereocenters. The van der Waals surface area contributed by atoms with Crippen molar-refractivity contribution in [3.8, 4) is 33.4 Å². The standard InChI is InChI=1S/C67H40O12S6/c68-80(69)53-31-25-41-13-1-7-19-47(41)62(53)63-48-20-8-2-14-42(48)26-32-54(63)81(70,71)59(80)37-40(38-60-82(72,73)55-33-27-43-15-3-9-21-49(43)64(55)65-50-22-10-4-16-44(50)28-34-56(65)83(60,74)75)39-61-84(76,77)57-35-29-45-17-5-11-23-51(45)66(57)67-52-24-12-6-18-46(52)30-36-58(67)85(61,78)79/h1-39,59H. The van der Waals surface area contributed by atoms with Crippen molar-refractivity contribution in [2.45, 2.75) is 34.0 Å². The third kappa shape index (κ3) is 7.52. The first-order chi connectivity index (χ1) is 40.7. The van der Waals surface area contributed by atoms with E-state index in [0.29, 0.717) is 82.9 Å². The Morgan fingerprint density at radius 3 is 0.682 bits per heavy atom. The summed E-state index contributed by atoms with van der Waals surface area (Å²) >= 11 is 0. The number of benzene rings is 12. The molecule has 0 saturated carbocycles. The van der Waals surface area contributed by atoms with Crippen LogP contribution in [0.1, 0.15) is 0 Å². The molecule has 0 saturated heterocycles. The Morgan fingerprint density at radius 2 is 0.447 bits per heavy atom. The predicted octanol–water partition coefficient (Wildman–Crippen LogP) is 13.6. The monoisotopic (exact) mass is 1230 g/mol. The fourth-order valence-corrected chi connectivity index (χ4v) is 25.6. The van der Waals surface area contributed by atoms with E-state index in [1.807, 2.05) is 0 Å². The van der Waals surface area contributed by atoms with Gasteiger partial charge in [-0.15, -0.1) is 0 Å². The van der Waals surface area contributed by atoms with Crippen LogP contribution in [-0.2, 0) is 59.0 Å². The van der Waals surface area contributed by atoms with E-state index in [2.05, 4.69) is 0 Å². The SMILES string of the molecule is O=S1(=O)C(=CC(=CC2S(=O)(=O)c3ccc4ccccc4c3-c3c(ccc4ccccc34)S2(=O)=O)C=C2S(=O)(=O)c3ccc4ccccc4c3-c3c(ccc4ccccc34)S2(=O)=O)S(=O)(=O)c2ccc3ccccc3c2-c2c1ccc1ccccc21. The van der Waals surface area contributed by atoms with Gasteiger partial charge in [0.05, 0.1) is 29.4 Å². The zero-order valence-corrected chi connectivity index (χ0v) is 48.8. The predicted molar refractivity (Wildman–Crippen MR) is 332 cm³/mol. The van der Waals surface area contributed by atoms with Gasteiger partial charge in [0.15, 0.2) is 32.7 Å². The van der Waals surface area contributed by atoms with Crippen LogP contribution in [0.2, 0.25) is 0 Å². The summed E-state index contributed by atoms with van der Waals surface area (Å²) in [4.78, 5) is -3.05. The van der Waals surface area contributed by atoms with Gasteiger partial charge < -0.3 is 0 Å². The third-order valence-electron chi connectivity index (χ3n) is 16.4. The van der Waals surface area contributed by atoms with Crippen LogP contribution < -0.4 is 0 Å². The average Bonchev–Trinajstić information content (AvgIpc) is 1.94. The molecule has 12 nitrogen and oxygen atoms in total. The van der Waals surface area contributed by atoms with Gasteiger partial charge >= 0.3 is 0 Å².